The minimum Gasteiger partial charge on any atom is -0.508 e. The van der Waals surface area contributed by atoms with Gasteiger partial charge in [-0.05, 0) is 86.3 Å². The van der Waals surface area contributed by atoms with Gasteiger partial charge in [0.05, 0.1) is 16.9 Å². The number of phenolic OH excluding ortho intramolecular Hbond substituents is 1. The summed E-state index contributed by atoms with van der Waals surface area (Å²) >= 11 is 0. The standard InChI is InChI=1S/C25H30N4O/c1-3-29(4-2)15-21(27)24-20(26)13-14-22-23(24)18-7-5-6-8-19(18)25(28-22)16-9-11-17(30)12-10-16/h9-14,27,30H,3-8,15,26H2,1-2H3. The van der Waals surface area contributed by atoms with Crippen LogP contribution in [0.15, 0.2) is 36.4 Å². The molecule has 0 atom stereocenters. The van der Waals surface area contributed by atoms with Crippen molar-refractivity contribution in [1.82, 2.24) is 9.88 Å². The number of rotatable bonds is 6. The highest BCUT2D eigenvalue weighted by Crippen LogP contribution is 2.38. The molecule has 0 saturated carbocycles. The number of pyridine rings is 1. The van der Waals surface area contributed by atoms with E-state index in [1.165, 1.54) is 11.1 Å². The molecule has 1 aromatic heterocycles. The Balaban J connectivity index is 1.94. The number of nitrogens with two attached hydrogens (primary N) is 1. The molecule has 1 heterocycles. The molecule has 0 unspecified atom stereocenters. The molecule has 0 fully saturated rings. The van der Waals surface area contributed by atoms with Gasteiger partial charge in [-0.2, -0.15) is 0 Å². The number of aromatic hydroxyl groups is 1. The van der Waals surface area contributed by atoms with Gasteiger partial charge in [-0.3, -0.25) is 4.90 Å². The first-order chi connectivity index (χ1) is 14.5. The summed E-state index contributed by atoms with van der Waals surface area (Å²) < 4.78 is 0. The van der Waals surface area contributed by atoms with E-state index in [2.05, 4.69) is 18.7 Å². The highest BCUT2D eigenvalue weighted by atomic mass is 16.3. The Morgan fingerprint density at radius 1 is 1.03 bits per heavy atom. The molecule has 0 radical (unpaired) electrons. The molecule has 156 valence electrons. The molecule has 1 aliphatic carbocycles. The molecule has 1 aliphatic rings. The third kappa shape index (κ3) is 3.65. The predicted molar refractivity (Wildman–Crippen MR) is 125 cm³/mol. The quantitative estimate of drug-likeness (QED) is 0.409. The molecule has 3 aromatic rings. The number of nitrogen functional groups attached to an aromatic ring is 1. The van der Waals surface area contributed by atoms with Crippen LogP contribution in [0.4, 0.5) is 5.69 Å². The lowest BCUT2D eigenvalue weighted by molar-refractivity contribution is 0.347. The molecule has 5 heteroatoms. The number of benzene rings is 2. The van der Waals surface area contributed by atoms with E-state index in [1.54, 1.807) is 12.1 Å². The summed E-state index contributed by atoms with van der Waals surface area (Å²) in [5.41, 5.74) is 14.0. The fourth-order valence-corrected chi connectivity index (χ4v) is 4.57. The Bertz CT molecular complexity index is 1080. The number of hydrogen-bond acceptors (Lipinski definition) is 5. The van der Waals surface area contributed by atoms with Gasteiger partial charge in [-0.1, -0.05) is 13.8 Å². The molecule has 5 nitrogen and oxygen atoms in total. The van der Waals surface area contributed by atoms with E-state index in [4.69, 9.17) is 16.1 Å². The Morgan fingerprint density at radius 3 is 2.37 bits per heavy atom. The van der Waals surface area contributed by atoms with Crippen molar-refractivity contribution < 1.29 is 5.11 Å². The highest BCUT2D eigenvalue weighted by molar-refractivity contribution is 6.15. The largest absolute Gasteiger partial charge is 0.508 e. The van der Waals surface area contributed by atoms with Crippen LogP contribution >= 0.6 is 0 Å². The SMILES string of the molecule is CCN(CC)CC(=N)c1c(N)ccc2nc(-c3ccc(O)cc3)c3c(c12)CCCC3. The van der Waals surface area contributed by atoms with Gasteiger partial charge in [0.1, 0.15) is 5.75 Å². The molecule has 0 bridgehead atoms. The van der Waals surface area contributed by atoms with Gasteiger partial charge in [0, 0.05) is 28.7 Å². The first-order valence-corrected chi connectivity index (χ1v) is 10.9. The predicted octanol–water partition coefficient (Wildman–Crippen LogP) is 4.78. The van der Waals surface area contributed by atoms with Crippen molar-refractivity contribution in [3.05, 3.63) is 53.1 Å². The molecule has 4 N–H and O–H groups in total. The van der Waals surface area contributed by atoms with Crippen molar-refractivity contribution in [2.45, 2.75) is 39.5 Å². The van der Waals surface area contributed by atoms with Crippen LogP contribution in [-0.4, -0.2) is 40.3 Å². The number of nitrogens with one attached hydrogen (secondary N) is 1. The summed E-state index contributed by atoms with van der Waals surface area (Å²) in [6.07, 6.45) is 4.24. The van der Waals surface area contributed by atoms with E-state index in [0.29, 0.717) is 17.9 Å². The normalized spacial score (nSPS) is 13.6. The Kier molecular flexibility index (Phi) is 5.73. The van der Waals surface area contributed by atoms with Gasteiger partial charge < -0.3 is 16.2 Å². The zero-order valence-corrected chi connectivity index (χ0v) is 17.8. The fraction of sp³-hybridized carbons (Fsp3) is 0.360. The van der Waals surface area contributed by atoms with Crippen LogP contribution in [0.2, 0.25) is 0 Å². The van der Waals surface area contributed by atoms with Crippen molar-refractivity contribution in [3.63, 3.8) is 0 Å². The van der Waals surface area contributed by atoms with Gasteiger partial charge >= 0.3 is 0 Å². The van der Waals surface area contributed by atoms with E-state index in [9.17, 15) is 5.11 Å². The fourth-order valence-electron chi connectivity index (χ4n) is 4.57. The number of phenols is 1. The molecular weight excluding hydrogens is 372 g/mol. The molecular formula is C25H30N4O. The number of aromatic nitrogens is 1. The second kappa shape index (κ2) is 8.44. The minimum absolute atomic E-state index is 0.258. The maximum atomic E-state index is 9.69. The minimum atomic E-state index is 0.258. The highest BCUT2D eigenvalue weighted by Gasteiger charge is 2.23. The van der Waals surface area contributed by atoms with Crippen LogP contribution in [0.3, 0.4) is 0 Å². The zero-order valence-electron chi connectivity index (χ0n) is 17.8. The van der Waals surface area contributed by atoms with Crippen molar-refractivity contribution in [1.29, 1.82) is 5.41 Å². The number of aryl methyl sites for hydroxylation is 1. The van der Waals surface area contributed by atoms with Gasteiger partial charge in [-0.25, -0.2) is 4.98 Å². The summed E-state index contributed by atoms with van der Waals surface area (Å²) in [6, 6.07) is 11.2. The number of fused-ring (bicyclic) bond motifs is 3. The number of anilines is 1. The van der Waals surface area contributed by atoms with Gasteiger partial charge in [0.2, 0.25) is 0 Å². The van der Waals surface area contributed by atoms with E-state index in [-0.39, 0.29) is 5.75 Å². The monoisotopic (exact) mass is 402 g/mol. The lowest BCUT2D eigenvalue weighted by atomic mass is 9.84. The summed E-state index contributed by atoms with van der Waals surface area (Å²) in [5, 5.41) is 19.6. The van der Waals surface area contributed by atoms with E-state index >= 15 is 0 Å². The maximum Gasteiger partial charge on any atom is 0.115 e. The number of hydrogen-bond donors (Lipinski definition) is 3. The summed E-state index contributed by atoms with van der Waals surface area (Å²) in [6.45, 7) is 6.65. The van der Waals surface area contributed by atoms with Crippen LogP contribution in [0.5, 0.6) is 5.75 Å². The number of likely N-dealkylation sites (N-methyl/N-ethyl adjacent to an activating group) is 1. The van der Waals surface area contributed by atoms with Crippen molar-refractivity contribution >= 4 is 22.3 Å². The lowest BCUT2D eigenvalue weighted by Crippen LogP contribution is -2.30. The molecule has 2 aromatic carbocycles. The van der Waals surface area contributed by atoms with Crippen molar-refractivity contribution in [2.75, 3.05) is 25.4 Å². The third-order valence-electron chi connectivity index (χ3n) is 6.22. The Labute approximate surface area is 178 Å². The van der Waals surface area contributed by atoms with Crippen molar-refractivity contribution in [2.24, 2.45) is 0 Å². The first kappa shape index (κ1) is 20.4. The molecule has 0 saturated heterocycles. The van der Waals surface area contributed by atoms with E-state index < -0.39 is 0 Å². The summed E-state index contributed by atoms with van der Waals surface area (Å²) in [4.78, 5) is 7.29. The Morgan fingerprint density at radius 2 is 1.70 bits per heavy atom. The smallest absolute Gasteiger partial charge is 0.115 e. The second-order valence-electron chi connectivity index (χ2n) is 8.04. The van der Waals surface area contributed by atoms with Crippen LogP contribution < -0.4 is 5.73 Å². The molecule has 0 aliphatic heterocycles. The topological polar surface area (TPSA) is 86.2 Å². The molecule has 0 spiro atoms. The summed E-state index contributed by atoms with van der Waals surface area (Å²) in [5.74, 6) is 0.258. The van der Waals surface area contributed by atoms with Crippen LogP contribution in [0.25, 0.3) is 22.2 Å². The van der Waals surface area contributed by atoms with Gasteiger partial charge in [-0.15, -0.1) is 0 Å². The lowest BCUT2D eigenvalue weighted by Gasteiger charge is -2.25. The molecule has 0 amide bonds. The van der Waals surface area contributed by atoms with Crippen LogP contribution in [0.1, 0.15) is 43.4 Å². The van der Waals surface area contributed by atoms with Crippen LogP contribution in [0, 0.1) is 5.41 Å². The van der Waals surface area contributed by atoms with Gasteiger partial charge in [0.25, 0.3) is 0 Å². The summed E-state index contributed by atoms with van der Waals surface area (Å²) in [7, 11) is 0. The third-order valence-corrected chi connectivity index (χ3v) is 6.22. The zero-order chi connectivity index (χ0) is 21.3. The second-order valence-corrected chi connectivity index (χ2v) is 8.04. The molecule has 30 heavy (non-hydrogen) atoms. The average Bonchev–Trinajstić information content (AvgIpc) is 2.77. The van der Waals surface area contributed by atoms with Crippen LogP contribution in [-0.2, 0) is 12.8 Å². The Hall–Kier alpha value is -2.92. The molecule has 4 rings (SSSR count). The number of nitrogens with zero attached hydrogens (tertiary/aromatic N) is 2. The first-order valence-electron chi connectivity index (χ1n) is 10.9. The van der Waals surface area contributed by atoms with Crippen molar-refractivity contribution in [3.8, 4) is 17.0 Å². The average molecular weight is 403 g/mol. The van der Waals surface area contributed by atoms with E-state index in [1.807, 2.05) is 24.3 Å². The van der Waals surface area contributed by atoms with Gasteiger partial charge in [0.15, 0.2) is 0 Å². The maximum absolute atomic E-state index is 9.69. The van der Waals surface area contributed by atoms with E-state index in [0.717, 1.165) is 66.5 Å².